The van der Waals surface area contributed by atoms with E-state index < -0.39 is 0 Å². The van der Waals surface area contributed by atoms with Crippen molar-refractivity contribution in [2.75, 3.05) is 6.54 Å². The van der Waals surface area contributed by atoms with E-state index in [1.165, 1.54) is 4.88 Å². The molecule has 0 spiro atoms. The third-order valence-corrected chi connectivity index (χ3v) is 5.18. The molecule has 0 aliphatic rings. The van der Waals surface area contributed by atoms with Crippen molar-refractivity contribution in [1.82, 2.24) is 15.1 Å². The van der Waals surface area contributed by atoms with Gasteiger partial charge in [-0.2, -0.15) is 5.10 Å². The summed E-state index contributed by atoms with van der Waals surface area (Å²) in [5.41, 5.74) is 2.10. The van der Waals surface area contributed by atoms with E-state index in [1.807, 2.05) is 29.1 Å². The first kappa shape index (κ1) is 14.5. The highest BCUT2D eigenvalue weighted by molar-refractivity contribution is 9.10. The van der Waals surface area contributed by atoms with Crippen LogP contribution in [0.5, 0.6) is 0 Å². The van der Waals surface area contributed by atoms with E-state index >= 15 is 0 Å². The summed E-state index contributed by atoms with van der Waals surface area (Å²) in [6.45, 7) is 3.01. The molecule has 0 aliphatic heterocycles. The Kier molecular flexibility index (Phi) is 4.53. The van der Waals surface area contributed by atoms with Gasteiger partial charge in [0, 0.05) is 15.5 Å². The van der Waals surface area contributed by atoms with Crippen molar-refractivity contribution >= 4 is 27.3 Å². The number of halogens is 1. The number of thiophene rings is 1. The number of rotatable bonds is 5. The molecule has 1 unspecified atom stereocenters. The van der Waals surface area contributed by atoms with Crippen LogP contribution < -0.4 is 5.32 Å². The van der Waals surface area contributed by atoms with Crippen LogP contribution >= 0.6 is 27.3 Å². The molecule has 0 radical (unpaired) electrons. The Morgan fingerprint density at radius 3 is 2.71 bits per heavy atom. The van der Waals surface area contributed by atoms with Gasteiger partial charge in [-0.25, -0.2) is 4.68 Å². The minimum Gasteiger partial charge on any atom is -0.304 e. The summed E-state index contributed by atoms with van der Waals surface area (Å²) >= 11 is 5.36. The van der Waals surface area contributed by atoms with Crippen molar-refractivity contribution in [3.8, 4) is 5.69 Å². The SMILES string of the molecule is CCNC(c1ccn(-c2ccccc2)n1)c1sccc1Br. The first-order valence-corrected chi connectivity index (χ1v) is 8.54. The first-order chi connectivity index (χ1) is 10.3. The van der Waals surface area contributed by atoms with E-state index in [4.69, 9.17) is 5.10 Å². The molecule has 0 saturated carbocycles. The van der Waals surface area contributed by atoms with Crippen LogP contribution in [-0.2, 0) is 0 Å². The molecule has 1 aromatic carbocycles. The van der Waals surface area contributed by atoms with Crippen molar-refractivity contribution in [1.29, 1.82) is 0 Å². The van der Waals surface area contributed by atoms with Gasteiger partial charge in [-0.05, 0) is 52.1 Å². The zero-order valence-electron chi connectivity index (χ0n) is 11.7. The number of benzene rings is 1. The number of nitrogens with zero attached hydrogens (tertiary/aromatic N) is 2. The topological polar surface area (TPSA) is 29.9 Å². The van der Waals surface area contributed by atoms with Gasteiger partial charge in [-0.3, -0.25) is 0 Å². The van der Waals surface area contributed by atoms with Gasteiger partial charge in [0.25, 0.3) is 0 Å². The lowest BCUT2D eigenvalue weighted by Gasteiger charge is -2.14. The van der Waals surface area contributed by atoms with Gasteiger partial charge in [0.15, 0.2) is 0 Å². The molecular formula is C16H16BrN3S. The molecule has 5 heteroatoms. The third-order valence-electron chi connectivity index (χ3n) is 3.24. The van der Waals surface area contributed by atoms with Crippen LogP contribution in [0.25, 0.3) is 5.69 Å². The van der Waals surface area contributed by atoms with E-state index in [0.29, 0.717) is 0 Å². The maximum Gasteiger partial charge on any atom is 0.0875 e. The largest absolute Gasteiger partial charge is 0.304 e. The lowest BCUT2D eigenvalue weighted by atomic mass is 10.2. The van der Waals surface area contributed by atoms with E-state index in [-0.39, 0.29) is 6.04 Å². The number of aromatic nitrogens is 2. The predicted molar refractivity (Wildman–Crippen MR) is 91.1 cm³/mol. The van der Waals surface area contributed by atoms with Gasteiger partial charge >= 0.3 is 0 Å². The number of hydrogen-bond acceptors (Lipinski definition) is 3. The monoisotopic (exact) mass is 361 g/mol. The minimum atomic E-state index is 0.120. The molecule has 1 N–H and O–H groups in total. The fourth-order valence-electron chi connectivity index (χ4n) is 2.26. The van der Waals surface area contributed by atoms with E-state index in [2.05, 4.69) is 57.8 Å². The smallest absolute Gasteiger partial charge is 0.0875 e. The zero-order chi connectivity index (χ0) is 14.7. The summed E-state index contributed by atoms with van der Waals surface area (Å²) in [5, 5.41) is 10.3. The first-order valence-electron chi connectivity index (χ1n) is 6.87. The average Bonchev–Trinajstić information content (AvgIpc) is 3.15. The molecule has 3 rings (SSSR count). The van der Waals surface area contributed by atoms with Gasteiger partial charge in [0.2, 0.25) is 0 Å². The van der Waals surface area contributed by atoms with Gasteiger partial charge in [0.1, 0.15) is 0 Å². The molecule has 2 heterocycles. The second-order valence-corrected chi connectivity index (χ2v) is 6.45. The zero-order valence-corrected chi connectivity index (χ0v) is 14.1. The molecule has 3 nitrogen and oxygen atoms in total. The molecule has 3 aromatic rings. The minimum absolute atomic E-state index is 0.120. The Hall–Kier alpha value is -1.43. The molecular weight excluding hydrogens is 346 g/mol. The normalized spacial score (nSPS) is 12.5. The van der Waals surface area contributed by atoms with E-state index in [9.17, 15) is 0 Å². The maximum atomic E-state index is 4.74. The Balaban J connectivity index is 1.95. The highest BCUT2D eigenvalue weighted by Gasteiger charge is 2.19. The Morgan fingerprint density at radius 1 is 1.24 bits per heavy atom. The summed E-state index contributed by atoms with van der Waals surface area (Å²) in [7, 11) is 0. The lowest BCUT2D eigenvalue weighted by Crippen LogP contribution is -2.22. The predicted octanol–water partition coefficient (Wildman–Crippen LogP) is 4.40. The summed E-state index contributed by atoms with van der Waals surface area (Å²) in [6.07, 6.45) is 2.01. The Morgan fingerprint density at radius 2 is 2.05 bits per heavy atom. The van der Waals surface area contributed by atoms with Crippen molar-refractivity contribution in [3.05, 3.63) is 69.1 Å². The van der Waals surface area contributed by atoms with E-state index in [0.717, 1.165) is 22.4 Å². The molecule has 0 bridgehead atoms. The summed E-state index contributed by atoms with van der Waals surface area (Å²) < 4.78 is 3.05. The van der Waals surface area contributed by atoms with Crippen molar-refractivity contribution in [3.63, 3.8) is 0 Å². The quantitative estimate of drug-likeness (QED) is 0.729. The number of para-hydroxylation sites is 1. The molecule has 0 aliphatic carbocycles. The second kappa shape index (κ2) is 6.56. The van der Waals surface area contributed by atoms with Crippen LogP contribution in [0.15, 0.2) is 58.5 Å². The molecule has 108 valence electrons. The highest BCUT2D eigenvalue weighted by atomic mass is 79.9. The molecule has 1 atom stereocenters. The maximum absolute atomic E-state index is 4.74. The van der Waals surface area contributed by atoms with Crippen LogP contribution in [0.2, 0.25) is 0 Å². The Bertz CT molecular complexity index is 705. The number of nitrogens with one attached hydrogen (secondary N) is 1. The summed E-state index contributed by atoms with van der Waals surface area (Å²) in [4.78, 5) is 1.26. The van der Waals surface area contributed by atoms with Crippen LogP contribution in [0.4, 0.5) is 0 Å². The molecule has 0 saturated heterocycles. The van der Waals surface area contributed by atoms with Crippen molar-refractivity contribution in [2.24, 2.45) is 0 Å². The van der Waals surface area contributed by atoms with Crippen molar-refractivity contribution in [2.45, 2.75) is 13.0 Å². The van der Waals surface area contributed by atoms with Crippen LogP contribution in [0, 0.1) is 0 Å². The second-order valence-electron chi connectivity index (χ2n) is 4.64. The van der Waals surface area contributed by atoms with Gasteiger partial charge < -0.3 is 5.32 Å². The fraction of sp³-hybridized carbons (Fsp3) is 0.188. The molecule has 0 fully saturated rings. The third kappa shape index (κ3) is 3.10. The number of hydrogen-bond donors (Lipinski definition) is 1. The molecule has 2 aromatic heterocycles. The van der Waals surface area contributed by atoms with Gasteiger partial charge in [-0.15, -0.1) is 11.3 Å². The molecule has 0 amide bonds. The van der Waals surface area contributed by atoms with Crippen LogP contribution in [-0.4, -0.2) is 16.3 Å². The standard InChI is InChI=1S/C16H16BrN3S/c1-2-18-15(16-13(17)9-11-21-16)14-8-10-20(19-14)12-6-4-3-5-7-12/h3-11,15,18H,2H2,1H3. The van der Waals surface area contributed by atoms with Gasteiger partial charge in [-0.1, -0.05) is 25.1 Å². The van der Waals surface area contributed by atoms with Crippen LogP contribution in [0.3, 0.4) is 0 Å². The Labute approximate surface area is 136 Å². The summed E-state index contributed by atoms with van der Waals surface area (Å²) in [6, 6.07) is 14.4. The average molecular weight is 362 g/mol. The van der Waals surface area contributed by atoms with E-state index in [1.54, 1.807) is 11.3 Å². The van der Waals surface area contributed by atoms with Crippen molar-refractivity contribution < 1.29 is 0 Å². The summed E-state index contributed by atoms with van der Waals surface area (Å²) in [5.74, 6) is 0. The highest BCUT2D eigenvalue weighted by Crippen LogP contribution is 2.32. The van der Waals surface area contributed by atoms with Crippen LogP contribution in [0.1, 0.15) is 23.5 Å². The lowest BCUT2D eigenvalue weighted by molar-refractivity contribution is 0.614. The molecule has 21 heavy (non-hydrogen) atoms. The van der Waals surface area contributed by atoms with Gasteiger partial charge in [0.05, 0.1) is 17.4 Å². The fourth-order valence-corrected chi connectivity index (χ4v) is 3.95.